The van der Waals surface area contributed by atoms with E-state index in [9.17, 15) is 0 Å². The molecule has 6 aromatic rings. The lowest BCUT2D eigenvalue weighted by atomic mass is 9.75. The molecule has 1 atom stereocenters. The average Bonchev–Trinajstić information content (AvgIpc) is 3.64. The molecule has 46 heavy (non-hydrogen) atoms. The summed E-state index contributed by atoms with van der Waals surface area (Å²) in [5.41, 5.74) is 4.23. The number of nitrogens with zero attached hydrogens (tertiary/aromatic N) is 1. The van der Waals surface area contributed by atoms with E-state index < -0.39 is 17.2 Å². The van der Waals surface area contributed by atoms with Gasteiger partial charge in [0, 0.05) is 23.2 Å². The molecule has 1 heterocycles. The van der Waals surface area contributed by atoms with Gasteiger partial charge in [0.1, 0.15) is 6.04 Å². The topological polar surface area (TPSA) is 29.5 Å². The molecule has 1 aliphatic rings. The fourth-order valence-electron chi connectivity index (χ4n) is 7.36. The van der Waals surface area contributed by atoms with Gasteiger partial charge < -0.3 is 4.74 Å². The number of esters is 1. The third-order valence-electron chi connectivity index (χ3n) is 9.33. The summed E-state index contributed by atoms with van der Waals surface area (Å²) in [4.78, 5) is 17.5. The van der Waals surface area contributed by atoms with Crippen LogP contribution in [0, 0.1) is 0 Å². The van der Waals surface area contributed by atoms with Gasteiger partial charge in [-0.1, -0.05) is 182 Å². The predicted octanol–water partition coefficient (Wildman–Crippen LogP) is 8.98. The molecule has 0 spiro atoms. The summed E-state index contributed by atoms with van der Waals surface area (Å²) in [6.45, 7) is 0.744. The van der Waals surface area contributed by atoms with Gasteiger partial charge in [-0.3, -0.25) is 9.69 Å². The molecule has 1 unspecified atom stereocenters. The van der Waals surface area contributed by atoms with Crippen LogP contribution in [0.1, 0.15) is 46.2 Å². The SMILES string of the molecule is O=C(OC(c1ccccc1)(c1ccccc1)c1ccccc1)C1CCCN1C(c1ccccc1)(c1ccccc1)c1ccccc1. The minimum atomic E-state index is -1.13. The molecule has 3 nitrogen and oxygen atoms in total. The molecule has 1 saturated heterocycles. The van der Waals surface area contributed by atoms with Gasteiger partial charge in [0.2, 0.25) is 0 Å². The zero-order valence-corrected chi connectivity index (χ0v) is 25.8. The molecule has 1 fully saturated rings. The highest BCUT2D eigenvalue weighted by Gasteiger charge is 2.51. The van der Waals surface area contributed by atoms with E-state index in [4.69, 9.17) is 4.74 Å². The van der Waals surface area contributed by atoms with Crippen molar-refractivity contribution >= 4 is 5.97 Å². The Hall–Kier alpha value is -5.25. The molecule has 3 heteroatoms. The van der Waals surface area contributed by atoms with Crippen molar-refractivity contribution in [1.29, 1.82) is 0 Å². The molecule has 0 saturated carbocycles. The van der Waals surface area contributed by atoms with Crippen LogP contribution < -0.4 is 0 Å². The summed E-state index contributed by atoms with van der Waals surface area (Å²) in [7, 11) is 0. The van der Waals surface area contributed by atoms with E-state index in [1.807, 2.05) is 72.8 Å². The first-order valence-corrected chi connectivity index (χ1v) is 16.1. The van der Waals surface area contributed by atoms with E-state index in [1.165, 1.54) is 0 Å². The predicted molar refractivity (Wildman–Crippen MR) is 184 cm³/mol. The molecule has 0 bridgehead atoms. The maximum Gasteiger partial charge on any atom is 0.324 e. The number of hydrogen-bond donors (Lipinski definition) is 0. The van der Waals surface area contributed by atoms with Crippen LogP contribution in [0.5, 0.6) is 0 Å². The van der Waals surface area contributed by atoms with Crippen LogP contribution >= 0.6 is 0 Å². The molecule has 0 N–H and O–H groups in total. The minimum Gasteiger partial charge on any atom is -0.443 e. The van der Waals surface area contributed by atoms with Gasteiger partial charge in [0.15, 0.2) is 5.60 Å². The molecule has 0 radical (unpaired) electrons. The standard InChI is InChI=1S/C43H37NO2/c45-41(46-43(37-26-13-4-14-27-37,38-28-15-5-16-29-38)39-30-17-6-18-31-39)40-32-19-33-44(40)42(34-20-7-1-8-21-34,35-22-9-2-10-23-35)36-24-11-3-12-25-36/h1-18,20-31,40H,19,32-33H2. The Balaban J connectivity index is 1.41. The molecule has 0 aliphatic carbocycles. The smallest absolute Gasteiger partial charge is 0.324 e. The number of carbonyl (C=O) groups is 1. The first-order chi connectivity index (χ1) is 22.7. The Kier molecular flexibility index (Phi) is 8.33. The highest BCUT2D eigenvalue weighted by molar-refractivity contribution is 5.79. The zero-order chi connectivity index (χ0) is 31.2. The molecule has 0 aromatic heterocycles. The summed E-state index contributed by atoms with van der Waals surface area (Å²) in [5.74, 6) is -0.235. The van der Waals surface area contributed by atoms with E-state index in [1.54, 1.807) is 0 Å². The molecule has 0 amide bonds. The normalized spacial score (nSPS) is 15.3. The van der Waals surface area contributed by atoms with Crippen molar-refractivity contribution in [3.8, 4) is 0 Å². The second kappa shape index (κ2) is 13.0. The van der Waals surface area contributed by atoms with Crippen LogP contribution in [-0.4, -0.2) is 23.5 Å². The highest BCUT2D eigenvalue weighted by atomic mass is 16.6. The summed E-state index contributed by atoms with van der Waals surface area (Å²) in [5, 5.41) is 0. The summed E-state index contributed by atoms with van der Waals surface area (Å²) >= 11 is 0. The number of ether oxygens (including phenoxy) is 1. The summed E-state index contributed by atoms with van der Waals surface area (Å²) in [6, 6.07) is 61.7. The molecule has 7 rings (SSSR count). The quantitative estimate of drug-likeness (QED) is 0.123. The lowest BCUT2D eigenvalue weighted by Crippen LogP contribution is -2.54. The lowest BCUT2D eigenvalue weighted by molar-refractivity contribution is -0.160. The molecular weight excluding hydrogens is 562 g/mol. The highest BCUT2D eigenvalue weighted by Crippen LogP contribution is 2.47. The van der Waals surface area contributed by atoms with Gasteiger partial charge in [-0.2, -0.15) is 0 Å². The first-order valence-electron chi connectivity index (χ1n) is 16.1. The van der Waals surface area contributed by atoms with Gasteiger partial charge in [0.25, 0.3) is 0 Å². The van der Waals surface area contributed by atoms with Gasteiger partial charge >= 0.3 is 5.97 Å². The van der Waals surface area contributed by atoms with Crippen molar-refractivity contribution in [2.24, 2.45) is 0 Å². The van der Waals surface area contributed by atoms with E-state index >= 15 is 4.79 Å². The van der Waals surface area contributed by atoms with Crippen molar-refractivity contribution < 1.29 is 9.53 Å². The van der Waals surface area contributed by atoms with Gasteiger partial charge in [-0.05, 0) is 29.5 Å². The number of rotatable bonds is 9. The van der Waals surface area contributed by atoms with Gasteiger partial charge in [-0.25, -0.2) is 0 Å². The van der Waals surface area contributed by atoms with E-state index in [0.29, 0.717) is 6.42 Å². The third kappa shape index (κ3) is 5.13. The number of benzene rings is 6. The number of carbonyl (C=O) groups excluding carboxylic acids is 1. The Morgan fingerprint density at radius 2 is 0.783 bits per heavy atom. The minimum absolute atomic E-state index is 0.235. The zero-order valence-electron chi connectivity index (χ0n) is 25.8. The Morgan fingerprint density at radius 1 is 0.478 bits per heavy atom. The first kappa shape index (κ1) is 29.5. The van der Waals surface area contributed by atoms with Crippen LogP contribution in [0.4, 0.5) is 0 Å². The molecule has 6 aromatic carbocycles. The maximum absolute atomic E-state index is 15.1. The van der Waals surface area contributed by atoms with E-state index in [-0.39, 0.29) is 5.97 Å². The molecule has 1 aliphatic heterocycles. The Bertz CT molecular complexity index is 1650. The largest absolute Gasteiger partial charge is 0.443 e. The van der Waals surface area contributed by atoms with Crippen molar-refractivity contribution in [3.05, 3.63) is 215 Å². The molecular formula is C43H37NO2. The monoisotopic (exact) mass is 599 g/mol. The van der Waals surface area contributed by atoms with Crippen LogP contribution in [0.2, 0.25) is 0 Å². The lowest BCUT2D eigenvalue weighted by Gasteiger charge is -2.46. The van der Waals surface area contributed by atoms with Crippen molar-refractivity contribution in [2.75, 3.05) is 6.54 Å². The van der Waals surface area contributed by atoms with Gasteiger partial charge in [-0.15, -0.1) is 0 Å². The summed E-state index contributed by atoms with van der Waals surface area (Å²) < 4.78 is 7.03. The van der Waals surface area contributed by atoms with Crippen molar-refractivity contribution in [3.63, 3.8) is 0 Å². The fraction of sp³-hybridized carbons (Fsp3) is 0.140. The van der Waals surface area contributed by atoms with Crippen LogP contribution in [-0.2, 0) is 20.7 Å². The summed E-state index contributed by atoms with van der Waals surface area (Å²) in [6.07, 6.45) is 1.57. The van der Waals surface area contributed by atoms with Gasteiger partial charge in [0.05, 0.1) is 5.54 Å². The number of hydrogen-bond acceptors (Lipinski definition) is 3. The second-order valence-electron chi connectivity index (χ2n) is 11.9. The molecule has 226 valence electrons. The third-order valence-corrected chi connectivity index (χ3v) is 9.33. The Morgan fingerprint density at radius 3 is 1.11 bits per heavy atom. The van der Waals surface area contributed by atoms with Crippen LogP contribution in [0.3, 0.4) is 0 Å². The van der Waals surface area contributed by atoms with Crippen LogP contribution in [0.25, 0.3) is 0 Å². The number of likely N-dealkylation sites (tertiary alicyclic amines) is 1. The second-order valence-corrected chi connectivity index (χ2v) is 11.9. The average molecular weight is 600 g/mol. The fourth-order valence-corrected chi connectivity index (χ4v) is 7.36. The van der Waals surface area contributed by atoms with Crippen LogP contribution in [0.15, 0.2) is 182 Å². The van der Waals surface area contributed by atoms with E-state index in [2.05, 4.69) is 114 Å². The van der Waals surface area contributed by atoms with Crippen molar-refractivity contribution in [2.45, 2.75) is 30.0 Å². The van der Waals surface area contributed by atoms with E-state index in [0.717, 1.165) is 46.3 Å². The Labute approximate surface area is 271 Å². The maximum atomic E-state index is 15.1. The van der Waals surface area contributed by atoms with Crippen molar-refractivity contribution in [1.82, 2.24) is 4.90 Å².